The van der Waals surface area contributed by atoms with Crippen LogP contribution >= 0.6 is 15.6 Å². The SMILES string of the molecule is CCCCC/C=C\C/C=C\CCCCCCCC(=O)O[C@H](COC(=O)CCCCCCCCCCCCCCC)COP(=O)(O)OC[C@@H](O)COP(=O)(O)OC[C@@H](COC(=O)CCCCCCCCCCCCCCCCCCC)OC(=O)CCCCCCC/C=C\CCCCCCCC. The monoisotopic (exact) mass is 1460 g/mol. The van der Waals surface area contributed by atoms with Gasteiger partial charge in [0.15, 0.2) is 12.2 Å². The lowest BCUT2D eigenvalue weighted by Gasteiger charge is -2.21. The second kappa shape index (κ2) is 74.5. The molecule has 100 heavy (non-hydrogen) atoms. The summed E-state index contributed by atoms with van der Waals surface area (Å²) in [4.78, 5) is 73.0. The molecule has 19 heteroatoms. The van der Waals surface area contributed by atoms with Crippen LogP contribution < -0.4 is 0 Å². The highest BCUT2D eigenvalue weighted by Crippen LogP contribution is 2.45. The Morgan fingerprint density at radius 2 is 0.490 bits per heavy atom. The first kappa shape index (κ1) is 97.3. The summed E-state index contributed by atoms with van der Waals surface area (Å²) in [5.41, 5.74) is 0. The van der Waals surface area contributed by atoms with Gasteiger partial charge in [0.05, 0.1) is 26.4 Å². The van der Waals surface area contributed by atoms with Crippen LogP contribution in [0.2, 0.25) is 0 Å². The molecule has 0 heterocycles. The molecule has 0 aliphatic rings. The molecule has 0 aromatic carbocycles. The van der Waals surface area contributed by atoms with E-state index in [9.17, 15) is 43.2 Å². The van der Waals surface area contributed by atoms with E-state index >= 15 is 0 Å². The number of phosphoric ester groups is 2. The van der Waals surface area contributed by atoms with Crippen LogP contribution in [0.4, 0.5) is 0 Å². The molecule has 0 spiro atoms. The maximum absolute atomic E-state index is 13.1. The van der Waals surface area contributed by atoms with E-state index in [1.165, 1.54) is 199 Å². The molecular formula is C81H152O17P2. The molecule has 0 rings (SSSR count). The highest BCUT2D eigenvalue weighted by atomic mass is 31.2. The quantitative estimate of drug-likeness (QED) is 0.0169. The van der Waals surface area contributed by atoms with Crippen LogP contribution in [-0.2, 0) is 65.4 Å². The van der Waals surface area contributed by atoms with E-state index in [1.807, 2.05) is 0 Å². The van der Waals surface area contributed by atoms with Crippen molar-refractivity contribution in [1.29, 1.82) is 0 Å². The molecule has 0 amide bonds. The minimum Gasteiger partial charge on any atom is -0.462 e. The van der Waals surface area contributed by atoms with E-state index in [1.54, 1.807) is 0 Å². The maximum Gasteiger partial charge on any atom is 0.472 e. The van der Waals surface area contributed by atoms with Gasteiger partial charge in [0, 0.05) is 25.7 Å². The highest BCUT2D eigenvalue weighted by molar-refractivity contribution is 7.47. The highest BCUT2D eigenvalue weighted by Gasteiger charge is 2.30. The Labute approximate surface area is 611 Å². The first-order valence-corrected chi connectivity index (χ1v) is 44.2. The van der Waals surface area contributed by atoms with Gasteiger partial charge in [-0.2, -0.15) is 0 Å². The largest absolute Gasteiger partial charge is 0.472 e. The molecular weight excluding hydrogens is 1310 g/mol. The third kappa shape index (κ3) is 73.6. The van der Waals surface area contributed by atoms with Crippen molar-refractivity contribution >= 4 is 39.5 Å². The van der Waals surface area contributed by atoms with Gasteiger partial charge in [-0.25, -0.2) is 9.13 Å². The predicted octanol–water partition coefficient (Wildman–Crippen LogP) is 23.9. The number of esters is 4. The smallest absolute Gasteiger partial charge is 0.462 e. The molecule has 0 saturated carbocycles. The third-order valence-electron chi connectivity index (χ3n) is 18.1. The normalized spacial score (nSPS) is 14.0. The summed E-state index contributed by atoms with van der Waals surface area (Å²) in [5.74, 6) is -2.15. The number of aliphatic hydroxyl groups excluding tert-OH is 1. The summed E-state index contributed by atoms with van der Waals surface area (Å²) >= 11 is 0. The van der Waals surface area contributed by atoms with Gasteiger partial charge in [0.25, 0.3) is 0 Å². The Morgan fingerprint density at radius 3 is 0.770 bits per heavy atom. The topological polar surface area (TPSA) is 237 Å². The first-order valence-electron chi connectivity index (χ1n) is 41.2. The number of aliphatic hydroxyl groups is 1. The summed E-state index contributed by atoms with van der Waals surface area (Å²) in [6, 6.07) is 0. The van der Waals surface area contributed by atoms with Crippen molar-refractivity contribution in [1.82, 2.24) is 0 Å². The fraction of sp³-hybridized carbons (Fsp3) is 0.877. The third-order valence-corrected chi connectivity index (χ3v) is 20.0. The fourth-order valence-corrected chi connectivity index (χ4v) is 13.4. The molecule has 588 valence electrons. The molecule has 0 fully saturated rings. The Morgan fingerprint density at radius 1 is 0.280 bits per heavy atom. The molecule has 0 radical (unpaired) electrons. The molecule has 2 unspecified atom stereocenters. The number of carbonyl (C=O) groups is 4. The zero-order chi connectivity index (χ0) is 73.2. The van der Waals surface area contributed by atoms with Gasteiger partial charge < -0.3 is 33.8 Å². The van der Waals surface area contributed by atoms with E-state index in [-0.39, 0.29) is 25.7 Å². The van der Waals surface area contributed by atoms with Gasteiger partial charge in [-0.3, -0.25) is 37.3 Å². The second-order valence-corrected chi connectivity index (χ2v) is 31.0. The molecule has 0 bridgehead atoms. The number of hydrogen-bond donors (Lipinski definition) is 3. The van der Waals surface area contributed by atoms with Gasteiger partial charge in [-0.15, -0.1) is 0 Å². The van der Waals surface area contributed by atoms with Crippen LogP contribution in [0.25, 0.3) is 0 Å². The summed E-state index contributed by atoms with van der Waals surface area (Å²) < 4.78 is 68.7. The fourth-order valence-electron chi connectivity index (χ4n) is 11.8. The summed E-state index contributed by atoms with van der Waals surface area (Å²) in [7, 11) is -9.94. The van der Waals surface area contributed by atoms with Crippen LogP contribution in [0.3, 0.4) is 0 Å². The van der Waals surface area contributed by atoms with E-state index in [4.69, 9.17) is 37.0 Å². The second-order valence-electron chi connectivity index (χ2n) is 28.1. The van der Waals surface area contributed by atoms with Crippen molar-refractivity contribution in [3.8, 4) is 0 Å². The lowest BCUT2D eigenvalue weighted by Crippen LogP contribution is -2.30. The number of unbranched alkanes of at least 4 members (excludes halogenated alkanes) is 47. The van der Waals surface area contributed by atoms with Crippen LogP contribution in [0.1, 0.15) is 400 Å². The summed E-state index contributed by atoms with van der Waals surface area (Å²) in [6.07, 6.45) is 71.1. The molecule has 0 aromatic heterocycles. The molecule has 5 atom stereocenters. The number of carbonyl (C=O) groups excluding carboxylic acids is 4. The average molecular weight is 1460 g/mol. The zero-order valence-electron chi connectivity index (χ0n) is 64.4. The lowest BCUT2D eigenvalue weighted by molar-refractivity contribution is -0.161. The summed E-state index contributed by atoms with van der Waals surface area (Å²) in [5, 5.41) is 10.6. The molecule has 0 aliphatic carbocycles. The Hall–Kier alpha value is -2.72. The number of ether oxygens (including phenoxy) is 4. The van der Waals surface area contributed by atoms with Crippen LogP contribution in [0.5, 0.6) is 0 Å². The average Bonchev–Trinajstić information content (AvgIpc) is 1.10. The Kier molecular flexibility index (Phi) is 72.5. The van der Waals surface area contributed by atoms with Gasteiger partial charge >= 0.3 is 39.5 Å². The van der Waals surface area contributed by atoms with Crippen LogP contribution in [-0.4, -0.2) is 96.7 Å². The standard InChI is InChI=1S/C81H152O17P2/c1-5-9-13-17-21-25-29-33-36-37-40-42-46-50-54-58-62-66-79(84)92-72-77(98-81(86)68-64-60-56-52-48-44-39-35-31-27-23-19-15-11-7-3)74-96-100(89,90)94-70-75(82)69-93-99(87,88)95-73-76(71-91-78(83)65-61-57-53-49-45-41-32-28-24-20-16-12-8-4)97-80(85)67-63-59-55-51-47-43-38-34-30-26-22-18-14-10-6-2/h22,26,34-35,38-39,75-77,82H,5-21,23-25,27-33,36-37,40-74H2,1-4H3,(H,87,88)(H,89,90)/b26-22-,38-34-,39-35-/t75-,76-,77-/m1/s1. The molecule has 0 saturated heterocycles. The van der Waals surface area contributed by atoms with Crippen LogP contribution in [0.15, 0.2) is 36.5 Å². The number of allylic oxidation sites excluding steroid dienone is 6. The maximum atomic E-state index is 13.1. The minimum atomic E-state index is -4.97. The van der Waals surface area contributed by atoms with Crippen molar-refractivity contribution in [2.45, 2.75) is 418 Å². The van der Waals surface area contributed by atoms with E-state index < -0.39 is 97.5 Å². The van der Waals surface area contributed by atoms with Gasteiger partial charge in [-0.1, -0.05) is 327 Å². The van der Waals surface area contributed by atoms with Crippen molar-refractivity contribution in [3.05, 3.63) is 36.5 Å². The molecule has 0 aromatic rings. The van der Waals surface area contributed by atoms with E-state index in [0.717, 1.165) is 122 Å². The molecule has 0 aliphatic heterocycles. The molecule has 3 N–H and O–H groups in total. The van der Waals surface area contributed by atoms with Gasteiger partial charge in [-0.05, 0) is 83.5 Å². The Balaban J connectivity index is 5.31. The van der Waals surface area contributed by atoms with E-state index in [2.05, 4.69) is 64.2 Å². The number of phosphoric acid groups is 2. The van der Waals surface area contributed by atoms with Crippen molar-refractivity contribution in [3.63, 3.8) is 0 Å². The number of hydrogen-bond acceptors (Lipinski definition) is 15. The summed E-state index contributed by atoms with van der Waals surface area (Å²) in [6.45, 7) is 4.93. The van der Waals surface area contributed by atoms with Crippen molar-refractivity contribution < 1.29 is 80.2 Å². The lowest BCUT2D eigenvalue weighted by atomic mass is 10.0. The van der Waals surface area contributed by atoms with Crippen molar-refractivity contribution in [2.24, 2.45) is 0 Å². The molecule has 17 nitrogen and oxygen atoms in total. The van der Waals surface area contributed by atoms with Crippen LogP contribution in [0, 0.1) is 0 Å². The number of rotatable bonds is 79. The zero-order valence-corrected chi connectivity index (χ0v) is 66.2. The first-order chi connectivity index (χ1) is 48.7. The van der Waals surface area contributed by atoms with Gasteiger partial charge in [0.2, 0.25) is 0 Å². The minimum absolute atomic E-state index is 0.0862. The van der Waals surface area contributed by atoms with Crippen molar-refractivity contribution in [2.75, 3.05) is 39.6 Å². The van der Waals surface area contributed by atoms with E-state index in [0.29, 0.717) is 25.7 Å². The predicted molar refractivity (Wildman–Crippen MR) is 409 cm³/mol. The van der Waals surface area contributed by atoms with Gasteiger partial charge in [0.1, 0.15) is 19.3 Å². The Bertz CT molecular complexity index is 2040.